The van der Waals surface area contributed by atoms with Gasteiger partial charge in [-0.3, -0.25) is 0 Å². The van der Waals surface area contributed by atoms with Crippen molar-refractivity contribution < 1.29 is 4.57 Å². The van der Waals surface area contributed by atoms with Crippen molar-refractivity contribution in [2.24, 2.45) is 0 Å². The lowest BCUT2D eigenvalue weighted by molar-refractivity contribution is -0.727. The molecule has 0 aliphatic carbocycles. The minimum atomic E-state index is 0.617. The van der Waals surface area contributed by atoms with Crippen LogP contribution in [0.3, 0.4) is 0 Å². The summed E-state index contributed by atoms with van der Waals surface area (Å²) in [4.78, 5) is 3.77. The highest BCUT2D eigenvalue weighted by molar-refractivity contribution is 4.90. The van der Waals surface area contributed by atoms with E-state index >= 15 is 0 Å². The summed E-state index contributed by atoms with van der Waals surface area (Å²) in [6.45, 7) is 9.44. The fourth-order valence-electron chi connectivity index (χ4n) is 8.20. The van der Waals surface area contributed by atoms with E-state index in [1.54, 1.807) is 5.82 Å². The first-order valence-electron chi connectivity index (χ1n) is 23.3. The quantitative estimate of drug-likeness (QED) is 0.0524. The van der Waals surface area contributed by atoms with E-state index in [2.05, 4.69) is 49.6 Å². The zero-order valence-electron chi connectivity index (χ0n) is 34.6. The number of rotatable bonds is 40. The predicted octanol–water partition coefficient (Wildman–Crippen LogP) is 16.8. The summed E-state index contributed by atoms with van der Waals surface area (Å²) in [5.74, 6) is 2.25. The van der Waals surface area contributed by atoms with Gasteiger partial charge in [0.05, 0.1) is 12.0 Å². The molecule has 1 N–H and O–H groups in total. The van der Waals surface area contributed by atoms with Crippen LogP contribution >= 0.6 is 0 Å². The van der Waals surface area contributed by atoms with Crippen molar-refractivity contribution in [3.63, 3.8) is 0 Å². The van der Waals surface area contributed by atoms with E-state index in [0.717, 1.165) is 0 Å². The second kappa shape index (κ2) is 37.0. The van der Waals surface area contributed by atoms with Crippen LogP contribution in [-0.4, -0.2) is 4.98 Å². The third kappa shape index (κ3) is 28.5. The molecule has 2 atom stereocenters. The molecule has 0 aliphatic rings. The molecule has 0 saturated heterocycles. The van der Waals surface area contributed by atoms with Crippen molar-refractivity contribution in [2.75, 3.05) is 0 Å². The van der Waals surface area contributed by atoms with Gasteiger partial charge in [0, 0.05) is 0 Å². The van der Waals surface area contributed by atoms with E-state index < -0.39 is 0 Å². The Morgan fingerprint density at radius 2 is 0.653 bits per heavy atom. The van der Waals surface area contributed by atoms with Gasteiger partial charge in [-0.2, -0.15) is 0 Å². The lowest BCUT2D eigenvalue weighted by Crippen LogP contribution is -2.41. The van der Waals surface area contributed by atoms with Crippen LogP contribution in [0.1, 0.15) is 289 Å². The van der Waals surface area contributed by atoms with Gasteiger partial charge in [0.2, 0.25) is 0 Å². The van der Waals surface area contributed by atoms with E-state index in [4.69, 9.17) is 0 Å². The van der Waals surface area contributed by atoms with Crippen LogP contribution in [0.4, 0.5) is 0 Å². The number of imidazole rings is 1. The van der Waals surface area contributed by atoms with Gasteiger partial charge in [0.15, 0.2) is 0 Å². The van der Waals surface area contributed by atoms with Crippen LogP contribution in [0.15, 0.2) is 12.4 Å². The number of nitrogens with one attached hydrogen (secondary N) is 1. The first-order chi connectivity index (χ1) is 24.2. The predicted molar refractivity (Wildman–Crippen MR) is 221 cm³/mol. The Bertz CT molecular complexity index is 753. The Kier molecular flexibility index (Phi) is 34.9. The van der Waals surface area contributed by atoms with Crippen molar-refractivity contribution in [3.05, 3.63) is 18.2 Å². The van der Waals surface area contributed by atoms with Crippen molar-refractivity contribution >= 4 is 0 Å². The Balaban J connectivity index is 2.34. The molecule has 0 aromatic carbocycles. The minimum absolute atomic E-state index is 0.617. The Hall–Kier alpha value is -0.790. The first kappa shape index (κ1) is 46.2. The minimum Gasteiger partial charge on any atom is -0.247 e. The Labute approximate surface area is 310 Å². The number of unbranched alkanes of at least 4 members (excludes halogenated alkanes) is 32. The molecule has 2 nitrogen and oxygen atoms in total. The van der Waals surface area contributed by atoms with Crippen LogP contribution in [0.2, 0.25) is 0 Å². The lowest BCUT2D eigenvalue weighted by Gasteiger charge is -2.17. The number of nitrogens with zero attached hydrogens (tertiary/aromatic N) is 1. The normalized spacial score (nSPS) is 13.0. The number of H-pyrrole nitrogens is 1. The van der Waals surface area contributed by atoms with Crippen molar-refractivity contribution in [1.29, 1.82) is 0 Å². The number of aromatic nitrogens is 2. The second-order valence-corrected chi connectivity index (χ2v) is 16.5. The SMILES string of the molecule is CCCCCCCCCCCCCCCCCC(C)[n+]1cc[nH]c1C(CCCCCCCCCCC)CCCCCCCCCCCCC. The average molecular weight is 686 g/mol. The maximum absolute atomic E-state index is 3.77. The van der Waals surface area contributed by atoms with Crippen molar-refractivity contribution in [2.45, 2.75) is 284 Å². The molecule has 0 spiro atoms. The second-order valence-electron chi connectivity index (χ2n) is 16.5. The fourth-order valence-corrected chi connectivity index (χ4v) is 8.20. The van der Waals surface area contributed by atoms with Gasteiger partial charge in [-0.25, -0.2) is 9.55 Å². The summed E-state index contributed by atoms with van der Waals surface area (Å²) in [6.07, 6.45) is 59.1. The van der Waals surface area contributed by atoms with E-state index in [0.29, 0.717) is 12.0 Å². The molecule has 1 heterocycles. The van der Waals surface area contributed by atoms with Crippen molar-refractivity contribution in [1.82, 2.24) is 4.98 Å². The van der Waals surface area contributed by atoms with E-state index in [-0.39, 0.29) is 0 Å². The Morgan fingerprint density at radius 1 is 0.388 bits per heavy atom. The highest BCUT2D eigenvalue weighted by Crippen LogP contribution is 2.27. The van der Waals surface area contributed by atoms with Gasteiger partial charge in [-0.15, -0.1) is 0 Å². The zero-order chi connectivity index (χ0) is 35.3. The summed E-state index contributed by atoms with van der Waals surface area (Å²) in [7, 11) is 0. The number of hydrogen-bond acceptors (Lipinski definition) is 0. The van der Waals surface area contributed by atoms with Crippen LogP contribution in [-0.2, 0) is 0 Å². The number of aromatic amines is 1. The molecule has 0 radical (unpaired) electrons. The third-order valence-electron chi connectivity index (χ3n) is 11.6. The first-order valence-corrected chi connectivity index (χ1v) is 23.3. The van der Waals surface area contributed by atoms with Gasteiger partial charge in [0.25, 0.3) is 5.82 Å². The molecule has 0 saturated carbocycles. The van der Waals surface area contributed by atoms with Gasteiger partial charge >= 0.3 is 0 Å². The summed E-state index contributed by atoms with van der Waals surface area (Å²) in [6, 6.07) is 0.617. The van der Waals surface area contributed by atoms with E-state index in [1.165, 1.54) is 244 Å². The zero-order valence-corrected chi connectivity index (χ0v) is 34.6. The largest absolute Gasteiger partial charge is 0.257 e. The smallest absolute Gasteiger partial charge is 0.247 e. The summed E-state index contributed by atoms with van der Waals surface area (Å²) < 4.78 is 2.65. The topological polar surface area (TPSA) is 19.7 Å². The van der Waals surface area contributed by atoms with Crippen LogP contribution in [0, 0.1) is 0 Å². The molecule has 0 bridgehead atoms. The van der Waals surface area contributed by atoms with E-state index in [1.807, 2.05) is 0 Å². The summed E-state index contributed by atoms with van der Waals surface area (Å²) >= 11 is 0. The molecule has 0 aliphatic heterocycles. The maximum Gasteiger partial charge on any atom is 0.257 e. The molecule has 0 fully saturated rings. The molecule has 290 valence electrons. The van der Waals surface area contributed by atoms with Crippen LogP contribution < -0.4 is 4.57 Å². The molecule has 1 aromatic rings. The monoisotopic (exact) mass is 686 g/mol. The van der Waals surface area contributed by atoms with Crippen LogP contribution in [0.25, 0.3) is 0 Å². The highest BCUT2D eigenvalue weighted by Gasteiger charge is 2.25. The van der Waals surface area contributed by atoms with E-state index in [9.17, 15) is 0 Å². The summed E-state index contributed by atoms with van der Waals surface area (Å²) in [5, 5.41) is 0. The molecular formula is C47H93N2+. The van der Waals surface area contributed by atoms with Gasteiger partial charge in [-0.05, 0) is 32.6 Å². The third-order valence-corrected chi connectivity index (χ3v) is 11.6. The molecule has 2 unspecified atom stereocenters. The Morgan fingerprint density at radius 3 is 0.959 bits per heavy atom. The maximum atomic E-state index is 3.77. The molecular weight excluding hydrogens is 593 g/mol. The van der Waals surface area contributed by atoms with Crippen molar-refractivity contribution in [3.8, 4) is 0 Å². The average Bonchev–Trinajstić information content (AvgIpc) is 3.60. The standard InChI is InChI=1S/C47H92N2/c1-5-8-11-14-17-20-22-23-24-25-27-29-31-34-37-40-45(4)49-44-43-48-47(49)46(41-38-35-32-28-19-16-13-10-7-3)42-39-36-33-30-26-21-18-15-12-9-6-2/h43-46H,5-42H2,1-4H3/p+1. The lowest BCUT2D eigenvalue weighted by atomic mass is 9.92. The van der Waals surface area contributed by atoms with Gasteiger partial charge in [0.1, 0.15) is 12.4 Å². The molecule has 1 rings (SSSR count). The summed E-state index contributed by atoms with van der Waals surface area (Å²) in [5.41, 5.74) is 0. The van der Waals surface area contributed by atoms with Gasteiger partial charge in [-0.1, -0.05) is 239 Å². The van der Waals surface area contributed by atoms with Gasteiger partial charge < -0.3 is 0 Å². The highest BCUT2D eigenvalue weighted by atomic mass is 15.1. The molecule has 2 heteroatoms. The molecule has 0 amide bonds. The number of hydrogen-bond donors (Lipinski definition) is 1. The fraction of sp³-hybridized carbons (Fsp3) is 0.936. The molecule has 49 heavy (non-hydrogen) atoms. The molecule has 1 aromatic heterocycles. The van der Waals surface area contributed by atoms with Crippen LogP contribution in [0.5, 0.6) is 0 Å².